The van der Waals surface area contributed by atoms with Crippen LogP contribution in [0.1, 0.15) is 57.4 Å². The first-order valence-electron chi connectivity index (χ1n) is 12.4. The number of rotatable bonds is 7. The molecular weight excluding hydrogens is 534 g/mol. The van der Waals surface area contributed by atoms with Gasteiger partial charge in [0.25, 0.3) is 0 Å². The number of halogens is 1. The van der Waals surface area contributed by atoms with E-state index in [0.29, 0.717) is 10.6 Å². The Morgan fingerprint density at radius 3 is 2.49 bits per heavy atom. The summed E-state index contributed by atoms with van der Waals surface area (Å²) < 4.78 is 6.94. The van der Waals surface area contributed by atoms with Crippen molar-refractivity contribution in [1.29, 1.82) is 0 Å². The van der Waals surface area contributed by atoms with Gasteiger partial charge in [0.15, 0.2) is 6.10 Å². The number of aliphatic carboxylic acids is 1. The van der Waals surface area contributed by atoms with Gasteiger partial charge in [-0.3, -0.25) is 0 Å². The van der Waals surface area contributed by atoms with E-state index in [9.17, 15) is 14.7 Å². The molecule has 2 aromatic carbocycles. The Bertz CT molecular complexity index is 1650. The lowest BCUT2D eigenvalue weighted by Crippen LogP contribution is -2.28. The fourth-order valence-electron chi connectivity index (χ4n) is 4.31. The fourth-order valence-corrected chi connectivity index (χ4v) is 5.53. The largest absolute Gasteiger partial charge is 0.479 e. The van der Waals surface area contributed by atoms with E-state index in [1.54, 1.807) is 19.2 Å². The minimum absolute atomic E-state index is 0.405. The Kier molecular flexibility index (Phi) is 8.20. The smallest absolute Gasteiger partial charge is 0.344 e. The summed E-state index contributed by atoms with van der Waals surface area (Å²) in [6.07, 6.45) is 5.67. The van der Waals surface area contributed by atoms with E-state index < -0.39 is 23.4 Å². The number of benzene rings is 2. The average Bonchev–Trinajstić information content (AvgIpc) is 3.28. The topological polar surface area (TPSA) is 105 Å². The number of fused-ring (bicyclic) bond motifs is 1. The first-order valence-corrected chi connectivity index (χ1v) is 13.5. The monoisotopic (exact) mass is 563 g/mol. The Hall–Kier alpha value is -3.59. The summed E-state index contributed by atoms with van der Waals surface area (Å²) in [6, 6.07) is 9.75. The first kappa shape index (κ1) is 28.4. The van der Waals surface area contributed by atoms with E-state index in [0.717, 1.165) is 48.6 Å². The van der Waals surface area contributed by atoms with E-state index in [-0.39, 0.29) is 0 Å². The van der Waals surface area contributed by atoms with Crippen LogP contribution in [0.4, 0.5) is 0 Å². The fraction of sp³-hybridized carbons (Fsp3) is 0.267. The minimum atomic E-state index is -1.17. The number of carboxylic acids is 1. The van der Waals surface area contributed by atoms with Crippen molar-refractivity contribution in [3.05, 3.63) is 87.1 Å². The molecule has 4 aromatic rings. The van der Waals surface area contributed by atoms with Crippen LogP contribution in [0.3, 0.4) is 0 Å². The lowest BCUT2D eigenvalue weighted by Gasteiger charge is -2.28. The van der Waals surface area contributed by atoms with Crippen LogP contribution < -0.4 is 5.69 Å². The molecule has 0 spiro atoms. The third kappa shape index (κ3) is 6.53. The number of nitrogens with one attached hydrogen (secondary N) is 1. The molecule has 2 N–H and O–H groups in total. The third-order valence-electron chi connectivity index (χ3n) is 5.96. The zero-order valence-electron chi connectivity index (χ0n) is 22.6. The van der Waals surface area contributed by atoms with Gasteiger partial charge in [-0.1, -0.05) is 35.9 Å². The number of hydrogen-bond acceptors (Lipinski definition) is 6. The van der Waals surface area contributed by atoms with E-state index in [1.165, 1.54) is 17.5 Å². The lowest BCUT2D eigenvalue weighted by atomic mass is 9.91. The molecule has 1 atom stereocenters. The molecule has 9 heteroatoms. The number of aryl methyl sites for hydroxylation is 1. The molecule has 0 saturated carbocycles. The zero-order chi connectivity index (χ0) is 28.5. The summed E-state index contributed by atoms with van der Waals surface area (Å²) in [4.78, 5) is 35.3. The number of allylic oxidation sites excluding steroid dienone is 4. The highest BCUT2D eigenvalue weighted by atomic mass is 35.5. The van der Waals surface area contributed by atoms with Crippen LogP contribution in [0.5, 0.6) is 0 Å². The van der Waals surface area contributed by atoms with Gasteiger partial charge in [0.2, 0.25) is 0 Å². The van der Waals surface area contributed by atoms with Crippen molar-refractivity contribution in [2.75, 3.05) is 0 Å². The van der Waals surface area contributed by atoms with Gasteiger partial charge in [-0.05, 0) is 76.5 Å². The minimum Gasteiger partial charge on any atom is -0.479 e. The summed E-state index contributed by atoms with van der Waals surface area (Å²) >= 11 is 7.61. The molecule has 202 valence electrons. The molecule has 4 rings (SSSR count). The van der Waals surface area contributed by atoms with Crippen molar-refractivity contribution in [3.63, 3.8) is 0 Å². The summed E-state index contributed by atoms with van der Waals surface area (Å²) in [6.45, 7) is 11.1. The maximum Gasteiger partial charge on any atom is 0.344 e. The highest BCUT2D eigenvalue weighted by Gasteiger charge is 2.32. The van der Waals surface area contributed by atoms with E-state index in [1.807, 2.05) is 71.0 Å². The number of carboxylic acid groups (broad SMARTS) is 1. The van der Waals surface area contributed by atoms with Crippen molar-refractivity contribution < 1.29 is 14.6 Å². The second-order valence-corrected chi connectivity index (χ2v) is 11.9. The van der Waals surface area contributed by atoms with Gasteiger partial charge < -0.3 is 14.8 Å². The average molecular weight is 564 g/mol. The number of aromatic nitrogens is 3. The molecule has 0 bridgehead atoms. The molecule has 2 heterocycles. The predicted octanol–water partition coefficient (Wildman–Crippen LogP) is 7.51. The second-order valence-electron chi connectivity index (χ2n) is 10.3. The van der Waals surface area contributed by atoms with Gasteiger partial charge in [-0.25, -0.2) is 19.6 Å². The van der Waals surface area contributed by atoms with Crippen molar-refractivity contribution in [2.45, 2.75) is 53.2 Å². The SMILES string of the molecule is CC(Cl)=C/C=C(\C)c1c(C(OC(C)(C)C)C(=O)O)c(C)cc2nc(-c3cccc(-c4cnc(=O)[nH]c4)c3)sc12. The summed E-state index contributed by atoms with van der Waals surface area (Å²) in [5.74, 6) is -1.06. The number of carbonyl (C=O) groups is 1. The number of thiazole rings is 1. The number of ether oxygens (including phenoxy) is 1. The highest BCUT2D eigenvalue weighted by molar-refractivity contribution is 7.22. The van der Waals surface area contributed by atoms with Crippen molar-refractivity contribution in [3.8, 4) is 21.7 Å². The van der Waals surface area contributed by atoms with Gasteiger partial charge in [0.05, 0.1) is 15.8 Å². The Labute approximate surface area is 235 Å². The van der Waals surface area contributed by atoms with E-state index in [4.69, 9.17) is 21.3 Å². The molecule has 0 aliphatic rings. The quantitative estimate of drug-likeness (QED) is 0.225. The van der Waals surface area contributed by atoms with Crippen molar-refractivity contribution >= 4 is 44.7 Å². The van der Waals surface area contributed by atoms with Crippen molar-refractivity contribution in [2.24, 2.45) is 0 Å². The lowest BCUT2D eigenvalue weighted by molar-refractivity contribution is -0.160. The Balaban J connectivity index is 1.96. The van der Waals surface area contributed by atoms with Crippen LogP contribution in [0.25, 0.3) is 37.5 Å². The Morgan fingerprint density at radius 1 is 1.15 bits per heavy atom. The van der Waals surface area contributed by atoms with E-state index in [2.05, 4.69) is 9.97 Å². The van der Waals surface area contributed by atoms with Crippen LogP contribution in [0.15, 0.2) is 64.7 Å². The van der Waals surface area contributed by atoms with Gasteiger partial charge in [-0.15, -0.1) is 11.3 Å². The van der Waals surface area contributed by atoms with Crippen LogP contribution in [-0.4, -0.2) is 31.6 Å². The van der Waals surface area contributed by atoms with Crippen LogP contribution in [-0.2, 0) is 9.53 Å². The van der Waals surface area contributed by atoms with Crippen LogP contribution in [0, 0.1) is 6.92 Å². The maximum atomic E-state index is 12.5. The second kappa shape index (κ2) is 11.3. The summed E-state index contributed by atoms with van der Waals surface area (Å²) in [7, 11) is 0. The molecule has 39 heavy (non-hydrogen) atoms. The van der Waals surface area contributed by atoms with E-state index >= 15 is 0 Å². The van der Waals surface area contributed by atoms with Crippen molar-refractivity contribution in [1.82, 2.24) is 15.0 Å². The number of aromatic amines is 1. The normalized spacial score (nSPS) is 13.6. The molecule has 0 aliphatic heterocycles. The molecule has 0 amide bonds. The van der Waals surface area contributed by atoms with Gasteiger partial charge in [0, 0.05) is 39.7 Å². The molecule has 7 nitrogen and oxygen atoms in total. The van der Waals surface area contributed by atoms with Gasteiger partial charge in [-0.2, -0.15) is 0 Å². The first-order chi connectivity index (χ1) is 18.3. The molecule has 0 saturated heterocycles. The van der Waals surface area contributed by atoms with Crippen LogP contribution in [0.2, 0.25) is 0 Å². The molecule has 0 fully saturated rings. The number of H-pyrrole nitrogens is 1. The highest BCUT2D eigenvalue weighted by Crippen LogP contribution is 2.42. The molecule has 0 aliphatic carbocycles. The Morgan fingerprint density at radius 2 is 1.87 bits per heavy atom. The standard InChI is InChI=1S/C30H30ClN3O4S/c1-16(10-11-18(3)31)24-23(25(28(35)36)38-30(4,5)6)17(2)12-22-26(24)39-27(34-22)20-9-7-8-19(13-20)21-14-32-29(37)33-15-21/h7-15,25H,1-6H3,(H,35,36)(H,32,33,37)/b16-10+,18-11?. The molecular formula is C30H30ClN3O4S. The van der Waals surface area contributed by atoms with Crippen LogP contribution >= 0.6 is 22.9 Å². The molecule has 0 radical (unpaired) electrons. The van der Waals surface area contributed by atoms with Gasteiger partial charge >= 0.3 is 11.7 Å². The number of nitrogens with zero attached hydrogens (tertiary/aromatic N) is 2. The van der Waals surface area contributed by atoms with Gasteiger partial charge in [0.1, 0.15) is 5.01 Å². The summed E-state index contributed by atoms with van der Waals surface area (Å²) in [5, 5.41) is 11.6. The predicted molar refractivity (Wildman–Crippen MR) is 158 cm³/mol. The summed E-state index contributed by atoms with van der Waals surface area (Å²) in [5.41, 5.74) is 5.25. The maximum absolute atomic E-state index is 12.5. The molecule has 2 aromatic heterocycles. The zero-order valence-corrected chi connectivity index (χ0v) is 24.2. The molecule has 1 unspecified atom stereocenters. The number of hydrogen-bond donors (Lipinski definition) is 2. The third-order valence-corrected chi connectivity index (χ3v) is 7.22.